The lowest BCUT2D eigenvalue weighted by Gasteiger charge is -2.12. The number of hydrogen-bond donors (Lipinski definition) is 1. The average molecular weight is 332 g/mol. The molecular formula is C22H20O3. The van der Waals surface area contributed by atoms with Gasteiger partial charge in [0.15, 0.2) is 0 Å². The molecule has 3 rings (SSSR count). The molecule has 1 N–H and O–H groups in total. The summed E-state index contributed by atoms with van der Waals surface area (Å²) in [6.45, 7) is 0.419. The minimum absolute atomic E-state index is 0.284. The third-order valence-electron chi connectivity index (χ3n) is 4.09. The van der Waals surface area contributed by atoms with Crippen LogP contribution in [-0.4, -0.2) is 11.1 Å². The molecule has 0 aliphatic heterocycles. The number of para-hydroxylation sites is 1. The van der Waals surface area contributed by atoms with E-state index in [4.69, 9.17) is 9.84 Å². The Morgan fingerprint density at radius 3 is 2.16 bits per heavy atom. The van der Waals surface area contributed by atoms with Crippen molar-refractivity contribution >= 4 is 5.97 Å². The third-order valence-corrected chi connectivity index (χ3v) is 4.09. The molecular weight excluding hydrogens is 312 g/mol. The highest BCUT2D eigenvalue weighted by Crippen LogP contribution is 2.21. The van der Waals surface area contributed by atoms with Crippen LogP contribution in [0.25, 0.3) is 0 Å². The molecule has 0 saturated heterocycles. The lowest BCUT2D eigenvalue weighted by molar-refractivity contribution is 0.0697. The number of aryl methyl sites for hydroxylation is 2. The Morgan fingerprint density at radius 1 is 0.760 bits per heavy atom. The standard InChI is InChI=1S/C22H20O3/c23-22(24)20-14-11-18(12-15-20)16-25-21-9-5-4-8-19(21)13-10-17-6-2-1-3-7-17/h1-9,11-12,14-15H,10,13,16H2,(H,23,24). The van der Waals surface area contributed by atoms with Gasteiger partial charge in [0.2, 0.25) is 0 Å². The summed E-state index contributed by atoms with van der Waals surface area (Å²) in [5.41, 5.74) is 3.71. The molecule has 0 atom stereocenters. The van der Waals surface area contributed by atoms with Crippen molar-refractivity contribution in [2.24, 2.45) is 0 Å². The first-order chi connectivity index (χ1) is 12.2. The number of carbonyl (C=O) groups is 1. The molecule has 0 aliphatic carbocycles. The van der Waals surface area contributed by atoms with Gasteiger partial charge in [-0.3, -0.25) is 0 Å². The summed E-state index contributed by atoms with van der Waals surface area (Å²) in [4.78, 5) is 10.9. The van der Waals surface area contributed by atoms with Crippen LogP contribution in [0.4, 0.5) is 0 Å². The van der Waals surface area contributed by atoms with Crippen LogP contribution in [0.1, 0.15) is 27.0 Å². The fourth-order valence-corrected chi connectivity index (χ4v) is 2.68. The number of carboxylic acid groups (broad SMARTS) is 1. The molecule has 0 heterocycles. The van der Waals surface area contributed by atoms with E-state index in [0.717, 1.165) is 24.2 Å². The van der Waals surface area contributed by atoms with Crippen molar-refractivity contribution in [1.82, 2.24) is 0 Å². The van der Waals surface area contributed by atoms with E-state index in [2.05, 4.69) is 30.3 Å². The molecule has 0 saturated carbocycles. The zero-order chi connectivity index (χ0) is 17.5. The lowest BCUT2D eigenvalue weighted by atomic mass is 10.0. The molecule has 0 fully saturated rings. The Hall–Kier alpha value is -3.07. The maximum absolute atomic E-state index is 10.9. The zero-order valence-corrected chi connectivity index (χ0v) is 13.9. The molecule has 0 unspecified atom stereocenters. The maximum atomic E-state index is 10.9. The van der Waals surface area contributed by atoms with Crippen LogP contribution in [0.3, 0.4) is 0 Å². The van der Waals surface area contributed by atoms with E-state index in [9.17, 15) is 4.79 Å². The van der Waals surface area contributed by atoms with Crippen molar-refractivity contribution in [3.63, 3.8) is 0 Å². The monoisotopic (exact) mass is 332 g/mol. The van der Waals surface area contributed by atoms with Crippen LogP contribution >= 0.6 is 0 Å². The van der Waals surface area contributed by atoms with Gasteiger partial charge in [0, 0.05) is 0 Å². The predicted molar refractivity (Wildman–Crippen MR) is 98.0 cm³/mol. The van der Waals surface area contributed by atoms with E-state index in [0.29, 0.717) is 6.61 Å². The summed E-state index contributed by atoms with van der Waals surface area (Å²) in [5.74, 6) is -0.0422. The first-order valence-corrected chi connectivity index (χ1v) is 8.29. The van der Waals surface area contributed by atoms with E-state index < -0.39 is 5.97 Å². The molecule has 0 amide bonds. The van der Waals surface area contributed by atoms with Gasteiger partial charge < -0.3 is 9.84 Å². The van der Waals surface area contributed by atoms with Gasteiger partial charge in [0.1, 0.15) is 12.4 Å². The van der Waals surface area contributed by atoms with E-state index in [1.165, 1.54) is 11.1 Å². The van der Waals surface area contributed by atoms with Gasteiger partial charge in [-0.05, 0) is 47.7 Å². The Kier molecular flexibility index (Phi) is 5.47. The summed E-state index contributed by atoms with van der Waals surface area (Å²) < 4.78 is 5.96. The summed E-state index contributed by atoms with van der Waals surface area (Å²) >= 11 is 0. The van der Waals surface area contributed by atoms with Crippen LogP contribution < -0.4 is 4.74 Å². The molecule has 0 aliphatic rings. The largest absolute Gasteiger partial charge is 0.489 e. The number of aromatic carboxylic acids is 1. The molecule has 0 spiro atoms. The van der Waals surface area contributed by atoms with Crippen LogP contribution in [-0.2, 0) is 19.4 Å². The number of rotatable bonds is 7. The van der Waals surface area contributed by atoms with Gasteiger partial charge in [0.25, 0.3) is 0 Å². The van der Waals surface area contributed by atoms with E-state index in [1.54, 1.807) is 24.3 Å². The van der Waals surface area contributed by atoms with Gasteiger partial charge in [-0.15, -0.1) is 0 Å². The minimum atomic E-state index is -0.918. The quantitative estimate of drug-likeness (QED) is 0.679. The van der Waals surface area contributed by atoms with Crippen molar-refractivity contribution in [1.29, 1.82) is 0 Å². The summed E-state index contributed by atoms with van der Waals surface area (Å²) in [5, 5.41) is 8.94. The smallest absolute Gasteiger partial charge is 0.335 e. The Labute approximate surface area is 147 Å². The van der Waals surface area contributed by atoms with Crippen LogP contribution in [0.2, 0.25) is 0 Å². The molecule has 126 valence electrons. The molecule has 3 heteroatoms. The van der Waals surface area contributed by atoms with E-state index in [1.807, 2.05) is 24.3 Å². The SMILES string of the molecule is O=C(O)c1ccc(COc2ccccc2CCc2ccccc2)cc1. The fourth-order valence-electron chi connectivity index (χ4n) is 2.68. The molecule has 25 heavy (non-hydrogen) atoms. The number of carboxylic acids is 1. The second-order valence-electron chi connectivity index (χ2n) is 5.88. The molecule has 0 aromatic heterocycles. The van der Waals surface area contributed by atoms with E-state index in [-0.39, 0.29) is 5.56 Å². The molecule has 0 radical (unpaired) electrons. The van der Waals surface area contributed by atoms with E-state index >= 15 is 0 Å². The summed E-state index contributed by atoms with van der Waals surface area (Å²) in [6.07, 6.45) is 1.88. The number of benzene rings is 3. The van der Waals surface area contributed by atoms with Gasteiger partial charge >= 0.3 is 5.97 Å². The summed E-state index contributed by atoms with van der Waals surface area (Å²) in [6, 6.07) is 25.2. The predicted octanol–water partition coefficient (Wildman–Crippen LogP) is 4.75. The average Bonchev–Trinajstić information content (AvgIpc) is 2.66. The lowest BCUT2D eigenvalue weighted by Crippen LogP contribution is -2.01. The first-order valence-electron chi connectivity index (χ1n) is 8.29. The zero-order valence-electron chi connectivity index (χ0n) is 13.9. The molecule has 3 aromatic rings. The Balaban J connectivity index is 1.63. The van der Waals surface area contributed by atoms with Gasteiger partial charge in [-0.25, -0.2) is 4.79 Å². The van der Waals surface area contributed by atoms with Crippen LogP contribution in [0.5, 0.6) is 5.75 Å². The molecule has 3 aromatic carbocycles. The second-order valence-corrected chi connectivity index (χ2v) is 5.88. The van der Waals surface area contributed by atoms with Crippen molar-refractivity contribution in [3.05, 3.63) is 101 Å². The van der Waals surface area contributed by atoms with Crippen molar-refractivity contribution in [2.75, 3.05) is 0 Å². The second kappa shape index (κ2) is 8.15. The minimum Gasteiger partial charge on any atom is -0.489 e. The number of ether oxygens (including phenoxy) is 1. The maximum Gasteiger partial charge on any atom is 0.335 e. The van der Waals surface area contributed by atoms with Gasteiger partial charge in [0.05, 0.1) is 5.56 Å². The number of hydrogen-bond acceptors (Lipinski definition) is 2. The van der Waals surface area contributed by atoms with Crippen molar-refractivity contribution in [2.45, 2.75) is 19.4 Å². The van der Waals surface area contributed by atoms with Gasteiger partial charge in [-0.2, -0.15) is 0 Å². The van der Waals surface area contributed by atoms with Crippen molar-refractivity contribution in [3.8, 4) is 5.75 Å². The summed E-state index contributed by atoms with van der Waals surface area (Å²) in [7, 11) is 0. The molecule has 0 bridgehead atoms. The Bertz CT molecular complexity index is 823. The molecule has 3 nitrogen and oxygen atoms in total. The van der Waals surface area contributed by atoms with Crippen molar-refractivity contribution < 1.29 is 14.6 Å². The topological polar surface area (TPSA) is 46.5 Å². The highest BCUT2D eigenvalue weighted by molar-refractivity contribution is 5.87. The normalized spacial score (nSPS) is 10.4. The van der Waals surface area contributed by atoms with Crippen LogP contribution in [0, 0.1) is 0 Å². The fraction of sp³-hybridized carbons (Fsp3) is 0.136. The highest BCUT2D eigenvalue weighted by Gasteiger charge is 2.05. The first kappa shape index (κ1) is 16.8. The Morgan fingerprint density at radius 2 is 1.44 bits per heavy atom. The highest BCUT2D eigenvalue weighted by atomic mass is 16.5. The van der Waals surface area contributed by atoms with Gasteiger partial charge in [-0.1, -0.05) is 60.7 Å². The van der Waals surface area contributed by atoms with Crippen LogP contribution in [0.15, 0.2) is 78.9 Å². The third kappa shape index (κ3) is 4.70.